The van der Waals surface area contributed by atoms with E-state index in [9.17, 15) is 4.39 Å². The first-order valence-electron chi connectivity index (χ1n) is 7.36. The Labute approximate surface area is 121 Å². The van der Waals surface area contributed by atoms with Crippen LogP contribution in [0.2, 0.25) is 0 Å². The highest BCUT2D eigenvalue weighted by atomic mass is 19.1. The molecule has 1 unspecified atom stereocenters. The van der Waals surface area contributed by atoms with Gasteiger partial charge in [0.15, 0.2) is 6.29 Å². The second kappa shape index (κ2) is 9.86. The van der Waals surface area contributed by atoms with Gasteiger partial charge in [0, 0.05) is 32.2 Å². The van der Waals surface area contributed by atoms with Crippen molar-refractivity contribution in [2.75, 3.05) is 19.8 Å². The van der Waals surface area contributed by atoms with Crippen LogP contribution in [0, 0.1) is 5.82 Å². The van der Waals surface area contributed by atoms with Gasteiger partial charge in [-0.3, -0.25) is 0 Å². The standard InChI is InChI=1S/C16H26FNO2/c1-4-19-16(20-5-2)10-11-18-13(3)12-14-6-8-15(17)9-7-14/h6-9,13,16,18H,4-5,10-12H2,1-3H3. The molecule has 114 valence electrons. The molecule has 1 N–H and O–H groups in total. The normalized spacial score (nSPS) is 12.8. The fraction of sp³-hybridized carbons (Fsp3) is 0.625. The summed E-state index contributed by atoms with van der Waals surface area (Å²) < 4.78 is 23.8. The molecular weight excluding hydrogens is 257 g/mol. The van der Waals surface area contributed by atoms with Gasteiger partial charge in [-0.15, -0.1) is 0 Å². The number of benzene rings is 1. The molecule has 0 fully saturated rings. The summed E-state index contributed by atoms with van der Waals surface area (Å²) in [5.41, 5.74) is 1.14. The van der Waals surface area contributed by atoms with Crippen LogP contribution in [0.3, 0.4) is 0 Å². The van der Waals surface area contributed by atoms with Gasteiger partial charge in [0.2, 0.25) is 0 Å². The smallest absolute Gasteiger partial charge is 0.158 e. The van der Waals surface area contributed by atoms with Crippen molar-refractivity contribution in [1.82, 2.24) is 5.32 Å². The third-order valence-electron chi connectivity index (χ3n) is 3.03. The Morgan fingerprint density at radius 1 is 1.10 bits per heavy atom. The van der Waals surface area contributed by atoms with Crippen LogP contribution < -0.4 is 5.32 Å². The molecular formula is C16H26FNO2. The highest BCUT2D eigenvalue weighted by molar-refractivity contribution is 5.16. The van der Waals surface area contributed by atoms with E-state index in [0.29, 0.717) is 19.3 Å². The molecule has 1 aromatic carbocycles. The maximum Gasteiger partial charge on any atom is 0.158 e. The molecule has 0 bridgehead atoms. The van der Waals surface area contributed by atoms with E-state index in [1.54, 1.807) is 0 Å². The predicted molar refractivity (Wildman–Crippen MR) is 79.2 cm³/mol. The minimum absolute atomic E-state index is 0.129. The van der Waals surface area contributed by atoms with Crippen molar-refractivity contribution >= 4 is 0 Å². The summed E-state index contributed by atoms with van der Waals surface area (Å²) in [6.45, 7) is 8.23. The average Bonchev–Trinajstić information content (AvgIpc) is 2.42. The lowest BCUT2D eigenvalue weighted by atomic mass is 10.1. The maximum absolute atomic E-state index is 12.8. The average molecular weight is 283 g/mol. The molecule has 0 spiro atoms. The van der Waals surface area contributed by atoms with Crippen molar-refractivity contribution in [2.24, 2.45) is 0 Å². The van der Waals surface area contributed by atoms with Crippen molar-refractivity contribution < 1.29 is 13.9 Å². The van der Waals surface area contributed by atoms with Crippen LogP contribution in [0.4, 0.5) is 4.39 Å². The van der Waals surface area contributed by atoms with Gasteiger partial charge in [0.1, 0.15) is 5.82 Å². The van der Waals surface area contributed by atoms with Gasteiger partial charge in [-0.05, 0) is 44.9 Å². The van der Waals surface area contributed by atoms with Crippen molar-refractivity contribution in [2.45, 2.75) is 45.9 Å². The van der Waals surface area contributed by atoms with Crippen LogP contribution >= 0.6 is 0 Å². The first-order valence-corrected chi connectivity index (χ1v) is 7.36. The van der Waals surface area contributed by atoms with Gasteiger partial charge in [0.05, 0.1) is 0 Å². The summed E-state index contributed by atoms with van der Waals surface area (Å²) in [5, 5.41) is 3.44. The number of hydrogen-bond donors (Lipinski definition) is 1. The molecule has 1 aromatic rings. The second-order valence-electron chi connectivity index (χ2n) is 4.81. The largest absolute Gasteiger partial charge is 0.353 e. The van der Waals surface area contributed by atoms with Crippen molar-refractivity contribution in [3.8, 4) is 0 Å². The lowest BCUT2D eigenvalue weighted by molar-refractivity contribution is -0.138. The van der Waals surface area contributed by atoms with E-state index < -0.39 is 0 Å². The first-order chi connectivity index (χ1) is 9.65. The Morgan fingerprint density at radius 3 is 2.25 bits per heavy atom. The Hall–Kier alpha value is -0.970. The van der Waals surface area contributed by atoms with Crippen molar-refractivity contribution in [1.29, 1.82) is 0 Å². The highest BCUT2D eigenvalue weighted by Crippen LogP contribution is 2.06. The van der Waals surface area contributed by atoms with Gasteiger partial charge < -0.3 is 14.8 Å². The van der Waals surface area contributed by atoms with E-state index in [1.807, 2.05) is 26.0 Å². The molecule has 3 nitrogen and oxygen atoms in total. The van der Waals surface area contributed by atoms with Gasteiger partial charge in [-0.2, -0.15) is 0 Å². The molecule has 0 aromatic heterocycles. The fourth-order valence-corrected chi connectivity index (χ4v) is 2.08. The molecule has 0 amide bonds. The van der Waals surface area contributed by atoms with E-state index in [0.717, 1.165) is 24.9 Å². The van der Waals surface area contributed by atoms with E-state index in [-0.39, 0.29) is 12.1 Å². The van der Waals surface area contributed by atoms with E-state index in [2.05, 4.69) is 12.2 Å². The van der Waals surface area contributed by atoms with Crippen molar-refractivity contribution in [3.05, 3.63) is 35.6 Å². The van der Waals surface area contributed by atoms with Gasteiger partial charge in [-0.25, -0.2) is 4.39 Å². The Balaban J connectivity index is 2.24. The van der Waals surface area contributed by atoms with Gasteiger partial charge in [-0.1, -0.05) is 12.1 Å². The molecule has 0 aliphatic heterocycles. The quantitative estimate of drug-likeness (QED) is 0.669. The van der Waals surface area contributed by atoms with Crippen LogP contribution in [-0.4, -0.2) is 32.1 Å². The van der Waals surface area contributed by atoms with Crippen LogP contribution in [-0.2, 0) is 15.9 Å². The molecule has 0 saturated heterocycles. The summed E-state index contributed by atoms with van der Waals surface area (Å²) in [5.74, 6) is -0.189. The number of hydrogen-bond acceptors (Lipinski definition) is 3. The third kappa shape index (κ3) is 6.98. The minimum atomic E-state index is -0.189. The van der Waals surface area contributed by atoms with Gasteiger partial charge in [0.25, 0.3) is 0 Å². The molecule has 0 radical (unpaired) electrons. The van der Waals surface area contributed by atoms with E-state index >= 15 is 0 Å². The summed E-state index contributed by atoms with van der Waals surface area (Å²) in [7, 11) is 0. The molecule has 1 atom stereocenters. The summed E-state index contributed by atoms with van der Waals surface area (Å²) in [6.07, 6.45) is 1.58. The van der Waals surface area contributed by atoms with Crippen LogP contribution in [0.5, 0.6) is 0 Å². The molecule has 0 heterocycles. The molecule has 1 rings (SSSR count). The molecule has 20 heavy (non-hydrogen) atoms. The topological polar surface area (TPSA) is 30.5 Å². The molecule has 4 heteroatoms. The van der Waals surface area contributed by atoms with Crippen LogP contribution in [0.1, 0.15) is 32.8 Å². The minimum Gasteiger partial charge on any atom is -0.353 e. The number of ether oxygens (including phenoxy) is 2. The van der Waals surface area contributed by atoms with Crippen LogP contribution in [0.15, 0.2) is 24.3 Å². The number of rotatable bonds is 10. The molecule has 0 aliphatic carbocycles. The van der Waals surface area contributed by atoms with E-state index in [4.69, 9.17) is 9.47 Å². The zero-order valence-electron chi connectivity index (χ0n) is 12.7. The summed E-state index contributed by atoms with van der Waals surface area (Å²) >= 11 is 0. The summed E-state index contributed by atoms with van der Waals surface area (Å²) in [6, 6.07) is 7.00. The van der Waals surface area contributed by atoms with Gasteiger partial charge >= 0.3 is 0 Å². The lowest BCUT2D eigenvalue weighted by Gasteiger charge is -2.19. The van der Waals surface area contributed by atoms with Crippen molar-refractivity contribution in [3.63, 3.8) is 0 Å². The first kappa shape index (κ1) is 17.1. The zero-order valence-corrected chi connectivity index (χ0v) is 12.7. The number of nitrogens with one attached hydrogen (secondary N) is 1. The summed E-state index contributed by atoms with van der Waals surface area (Å²) in [4.78, 5) is 0. The number of halogens is 1. The Bertz CT molecular complexity index is 350. The Morgan fingerprint density at radius 2 is 1.70 bits per heavy atom. The maximum atomic E-state index is 12.8. The predicted octanol–water partition coefficient (Wildman–Crippen LogP) is 3.14. The lowest BCUT2D eigenvalue weighted by Crippen LogP contribution is -2.32. The molecule has 0 aliphatic rings. The van der Waals surface area contributed by atoms with Crippen LogP contribution in [0.25, 0.3) is 0 Å². The second-order valence-corrected chi connectivity index (χ2v) is 4.81. The third-order valence-corrected chi connectivity index (χ3v) is 3.03. The highest BCUT2D eigenvalue weighted by Gasteiger charge is 2.09. The molecule has 0 saturated carbocycles. The SMILES string of the molecule is CCOC(CCNC(C)Cc1ccc(F)cc1)OCC. The monoisotopic (exact) mass is 283 g/mol. The Kier molecular flexibility index (Phi) is 8.42. The zero-order chi connectivity index (χ0) is 14.8. The fourth-order valence-electron chi connectivity index (χ4n) is 2.08. The van der Waals surface area contributed by atoms with E-state index in [1.165, 1.54) is 12.1 Å².